The van der Waals surface area contributed by atoms with Gasteiger partial charge in [0.25, 0.3) is 0 Å². The average Bonchev–Trinajstić information content (AvgIpc) is 2.17. The number of benzene rings is 1. The molecule has 0 unspecified atom stereocenters. The third kappa shape index (κ3) is 2.64. The lowest BCUT2D eigenvalue weighted by atomic mass is 10.0. The molecule has 0 bridgehead atoms. The van der Waals surface area contributed by atoms with E-state index in [9.17, 15) is 8.42 Å². The molecule has 0 heterocycles. The summed E-state index contributed by atoms with van der Waals surface area (Å²) in [6.07, 6.45) is 0. The van der Waals surface area contributed by atoms with Crippen molar-refractivity contribution in [2.45, 2.75) is 37.8 Å². The van der Waals surface area contributed by atoms with Gasteiger partial charge in [-0.05, 0) is 24.0 Å². The van der Waals surface area contributed by atoms with Crippen molar-refractivity contribution in [2.75, 3.05) is 0 Å². The zero-order chi connectivity index (χ0) is 12.3. The first-order chi connectivity index (χ1) is 7.37. The fourth-order valence-electron chi connectivity index (χ4n) is 2.25. The second kappa shape index (κ2) is 5.00. The molecule has 90 valence electrons. The minimum absolute atomic E-state index is 0.130. The van der Waals surface area contributed by atoms with Crippen LogP contribution in [0.2, 0.25) is 0 Å². The molecule has 1 aromatic carbocycles. The summed E-state index contributed by atoms with van der Waals surface area (Å²) in [5, 5.41) is -0.310. The molecule has 0 spiro atoms. The zero-order valence-electron chi connectivity index (χ0n) is 10.3. The van der Waals surface area contributed by atoms with Crippen LogP contribution in [0.5, 0.6) is 0 Å². The number of sulfone groups is 1. The molecular formula is C13H20O2S. The Hall–Kier alpha value is -0.830. The van der Waals surface area contributed by atoms with Gasteiger partial charge in [0.1, 0.15) is 0 Å². The molecule has 0 fully saturated rings. The zero-order valence-corrected chi connectivity index (χ0v) is 11.2. The summed E-state index contributed by atoms with van der Waals surface area (Å²) in [6.45, 7) is 7.85. The Balaban J connectivity index is 3.20. The van der Waals surface area contributed by atoms with Gasteiger partial charge in [-0.15, -0.1) is 0 Å². The highest BCUT2D eigenvalue weighted by Gasteiger charge is 2.32. The van der Waals surface area contributed by atoms with Gasteiger partial charge in [0, 0.05) is 0 Å². The van der Waals surface area contributed by atoms with Gasteiger partial charge in [0.05, 0.1) is 10.1 Å². The van der Waals surface area contributed by atoms with Crippen molar-refractivity contribution in [3.8, 4) is 0 Å². The van der Waals surface area contributed by atoms with Gasteiger partial charge in [-0.1, -0.05) is 45.9 Å². The van der Waals surface area contributed by atoms with Crippen LogP contribution in [0.3, 0.4) is 0 Å². The summed E-state index contributed by atoms with van der Waals surface area (Å²) in [7, 11) is -3.20. The van der Waals surface area contributed by atoms with E-state index >= 15 is 0 Å². The standard InChI is InChI=1S/C13H20O2S/c1-10(2)13(11(3)4)16(14,15)12-8-6-5-7-9-12/h5-11,13H,1-4H3. The summed E-state index contributed by atoms with van der Waals surface area (Å²) in [6, 6.07) is 8.72. The first kappa shape index (κ1) is 13.2. The Bertz CT molecular complexity index is 411. The van der Waals surface area contributed by atoms with Crippen molar-refractivity contribution in [1.29, 1.82) is 0 Å². The predicted octanol–water partition coefficient (Wildman–Crippen LogP) is 3.14. The predicted molar refractivity (Wildman–Crippen MR) is 67.1 cm³/mol. The van der Waals surface area contributed by atoms with Gasteiger partial charge < -0.3 is 0 Å². The summed E-state index contributed by atoms with van der Waals surface area (Å²) in [5.41, 5.74) is 0. The van der Waals surface area contributed by atoms with E-state index < -0.39 is 9.84 Å². The Morgan fingerprint density at radius 2 is 1.31 bits per heavy atom. The van der Waals surface area contributed by atoms with Crippen LogP contribution in [0.25, 0.3) is 0 Å². The van der Waals surface area contributed by atoms with Crippen molar-refractivity contribution in [3.05, 3.63) is 30.3 Å². The first-order valence-corrected chi connectivity index (χ1v) is 7.21. The van der Waals surface area contributed by atoms with Crippen molar-refractivity contribution < 1.29 is 8.42 Å². The second-order valence-corrected chi connectivity index (χ2v) is 6.92. The van der Waals surface area contributed by atoms with Crippen LogP contribution in [0.4, 0.5) is 0 Å². The highest BCUT2D eigenvalue weighted by Crippen LogP contribution is 2.26. The maximum Gasteiger partial charge on any atom is 0.181 e. The first-order valence-electron chi connectivity index (χ1n) is 5.66. The highest BCUT2D eigenvalue weighted by atomic mass is 32.2. The summed E-state index contributed by atoms with van der Waals surface area (Å²) in [5.74, 6) is 0.260. The van der Waals surface area contributed by atoms with Gasteiger partial charge >= 0.3 is 0 Å². The molecule has 0 aliphatic rings. The molecule has 2 nitrogen and oxygen atoms in total. The van der Waals surface area contributed by atoms with E-state index in [1.165, 1.54) is 0 Å². The van der Waals surface area contributed by atoms with Gasteiger partial charge in [-0.2, -0.15) is 0 Å². The molecule has 0 aliphatic heterocycles. The molecule has 0 atom stereocenters. The van der Waals surface area contributed by atoms with E-state index in [-0.39, 0.29) is 17.1 Å². The third-order valence-corrected chi connectivity index (χ3v) is 5.48. The summed E-state index contributed by atoms with van der Waals surface area (Å²) in [4.78, 5) is 0.433. The maximum atomic E-state index is 12.4. The minimum atomic E-state index is -3.20. The van der Waals surface area contributed by atoms with Crippen LogP contribution in [0.1, 0.15) is 27.7 Å². The molecule has 0 amide bonds. The van der Waals surface area contributed by atoms with Gasteiger partial charge in [-0.3, -0.25) is 0 Å². The lowest BCUT2D eigenvalue weighted by Gasteiger charge is -2.24. The second-order valence-electron chi connectivity index (χ2n) is 4.81. The average molecular weight is 240 g/mol. The molecule has 0 saturated heterocycles. The molecule has 1 aromatic rings. The lowest BCUT2D eigenvalue weighted by molar-refractivity contribution is 0.450. The Labute approximate surface area is 98.6 Å². The Morgan fingerprint density at radius 1 is 0.875 bits per heavy atom. The molecule has 1 rings (SSSR count). The van der Waals surface area contributed by atoms with Crippen LogP contribution < -0.4 is 0 Å². The maximum absolute atomic E-state index is 12.4. The number of hydrogen-bond acceptors (Lipinski definition) is 2. The Morgan fingerprint density at radius 3 is 1.69 bits per heavy atom. The molecule has 0 radical (unpaired) electrons. The largest absolute Gasteiger partial charge is 0.223 e. The fourth-order valence-corrected chi connectivity index (χ4v) is 4.54. The van der Waals surface area contributed by atoms with Crippen LogP contribution in [0.15, 0.2) is 35.2 Å². The van der Waals surface area contributed by atoms with Crippen molar-refractivity contribution in [2.24, 2.45) is 11.8 Å². The Kier molecular flexibility index (Phi) is 4.14. The quantitative estimate of drug-likeness (QED) is 0.810. The molecule has 0 N–H and O–H groups in total. The van der Waals surface area contributed by atoms with Crippen molar-refractivity contribution >= 4 is 9.84 Å². The highest BCUT2D eigenvalue weighted by molar-refractivity contribution is 7.92. The van der Waals surface area contributed by atoms with E-state index in [2.05, 4.69) is 0 Å². The van der Waals surface area contributed by atoms with Crippen LogP contribution in [-0.4, -0.2) is 13.7 Å². The van der Waals surface area contributed by atoms with E-state index in [0.717, 1.165) is 0 Å². The minimum Gasteiger partial charge on any atom is -0.223 e. The summed E-state index contributed by atoms with van der Waals surface area (Å²) < 4.78 is 24.8. The van der Waals surface area contributed by atoms with Gasteiger partial charge in [-0.25, -0.2) is 8.42 Å². The molecule has 0 saturated carbocycles. The molecule has 0 aromatic heterocycles. The topological polar surface area (TPSA) is 34.1 Å². The molecular weight excluding hydrogens is 220 g/mol. The molecule has 3 heteroatoms. The van der Waals surface area contributed by atoms with E-state index in [1.54, 1.807) is 24.3 Å². The smallest absolute Gasteiger partial charge is 0.181 e. The SMILES string of the molecule is CC(C)C(C(C)C)S(=O)(=O)c1ccccc1. The third-order valence-electron chi connectivity index (χ3n) is 2.74. The number of hydrogen-bond donors (Lipinski definition) is 0. The lowest BCUT2D eigenvalue weighted by Crippen LogP contribution is -2.32. The van der Waals surface area contributed by atoms with E-state index in [4.69, 9.17) is 0 Å². The summed E-state index contributed by atoms with van der Waals surface area (Å²) >= 11 is 0. The molecule has 0 aliphatic carbocycles. The van der Waals surface area contributed by atoms with E-state index in [0.29, 0.717) is 4.90 Å². The fraction of sp³-hybridized carbons (Fsp3) is 0.538. The van der Waals surface area contributed by atoms with Crippen molar-refractivity contribution in [3.63, 3.8) is 0 Å². The van der Waals surface area contributed by atoms with E-state index in [1.807, 2.05) is 33.8 Å². The van der Waals surface area contributed by atoms with Crippen LogP contribution >= 0.6 is 0 Å². The van der Waals surface area contributed by atoms with Gasteiger partial charge in [0.15, 0.2) is 9.84 Å². The van der Waals surface area contributed by atoms with Gasteiger partial charge in [0.2, 0.25) is 0 Å². The number of rotatable bonds is 4. The van der Waals surface area contributed by atoms with Crippen LogP contribution in [0, 0.1) is 11.8 Å². The van der Waals surface area contributed by atoms with Crippen molar-refractivity contribution in [1.82, 2.24) is 0 Å². The van der Waals surface area contributed by atoms with Crippen LogP contribution in [-0.2, 0) is 9.84 Å². The molecule has 16 heavy (non-hydrogen) atoms. The monoisotopic (exact) mass is 240 g/mol. The normalized spacial score (nSPS) is 12.7.